The third-order valence-electron chi connectivity index (χ3n) is 3.57. The van der Waals surface area contributed by atoms with Crippen LogP contribution in [0.5, 0.6) is 5.75 Å². The topological polar surface area (TPSA) is 92.8 Å². The molecule has 10 heteroatoms. The van der Waals surface area contributed by atoms with E-state index in [4.69, 9.17) is 16.3 Å². The molecule has 1 N–H and O–H groups in total. The Balaban J connectivity index is 2.83. The molecule has 0 saturated heterocycles. The molecule has 0 saturated carbocycles. The third-order valence-corrected chi connectivity index (χ3v) is 6.71. The molecule has 0 aliphatic carbocycles. The molecular weight excluding hydrogens is 376 g/mol. The number of nitrogens with zero attached hydrogens (tertiary/aromatic N) is 1. The molecule has 24 heavy (non-hydrogen) atoms. The molecule has 0 aromatic heterocycles. The fraction of sp³-hybridized carbons (Fsp3) is 0.571. The summed E-state index contributed by atoms with van der Waals surface area (Å²) in [5.74, 6) is 0.371. The van der Waals surface area contributed by atoms with Crippen LogP contribution in [0, 0.1) is 0 Å². The van der Waals surface area contributed by atoms with Gasteiger partial charge in [0, 0.05) is 19.1 Å². The largest absolute Gasteiger partial charge is 0.495 e. The number of hydrogen-bond donors (Lipinski definition) is 1. The highest BCUT2D eigenvalue weighted by Gasteiger charge is 2.23. The van der Waals surface area contributed by atoms with Crippen LogP contribution in [0.25, 0.3) is 0 Å². The maximum absolute atomic E-state index is 12.3. The Morgan fingerprint density at radius 2 is 1.92 bits per heavy atom. The molecule has 1 aromatic rings. The van der Waals surface area contributed by atoms with Crippen molar-refractivity contribution in [3.63, 3.8) is 0 Å². The maximum Gasteiger partial charge on any atom is 0.240 e. The zero-order valence-electron chi connectivity index (χ0n) is 14.1. The van der Waals surface area contributed by atoms with Crippen LogP contribution in [-0.4, -0.2) is 53.6 Å². The number of nitrogens with one attached hydrogen (secondary N) is 1. The van der Waals surface area contributed by atoms with Gasteiger partial charge in [-0.15, -0.1) is 0 Å². The molecule has 0 bridgehead atoms. The van der Waals surface area contributed by atoms with E-state index in [2.05, 4.69) is 4.72 Å². The summed E-state index contributed by atoms with van der Waals surface area (Å²) < 4.78 is 56.8. The summed E-state index contributed by atoms with van der Waals surface area (Å²) >= 11 is 5.94. The first-order valence-corrected chi connectivity index (χ1v) is 11.0. The molecule has 0 heterocycles. The average molecular weight is 399 g/mol. The van der Waals surface area contributed by atoms with Crippen molar-refractivity contribution in [2.75, 3.05) is 26.5 Å². The van der Waals surface area contributed by atoms with Crippen molar-refractivity contribution in [2.45, 2.75) is 31.2 Å². The maximum atomic E-state index is 12.3. The van der Waals surface area contributed by atoms with Crippen LogP contribution >= 0.6 is 11.6 Å². The summed E-state index contributed by atoms with van der Waals surface area (Å²) in [6.07, 6.45) is 1.74. The second-order valence-electron chi connectivity index (χ2n) is 5.33. The van der Waals surface area contributed by atoms with Gasteiger partial charge in [-0.2, -0.15) is 4.31 Å². The first-order chi connectivity index (χ1) is 11.0. The average Bonchev–Trinajstić information content (AvgIpc) is 2.49. The Bertz CT molecular complexity index is 765. The Hall–Kier alpha value is -0.870. The number of hydrogen-bond acceptors (Lipinski definition) is 5. The van der Waals surface area contributed by atoms with E-state index >= 15 is 0 Å². The predicted molar refractivity (Wildman–Crippen MR) is 94.5 cm³/mol. The van der Waals surface area contributed by atoms with Crippen LogP contribution in [0.4, 0.5) is 0 Å². The van der Waals surface area contributed by atoms with Crippen molar-refractivity contribution in [1.29, 1.82) is 0 Å². The van der Waals surface area contributed by atoms with Crippen LogP contribution in [0.2, 0.25) is 5.02 Å². The van der Waals surface area contributed by atoms with Crippen molar-refractivity contribution in [1.82, 2.24) is 9.03 Å². The zero-order chi connectivity index (χ0) is 18.5. The van der Waals surface area contributed by atoms with Crippen molar-refractivity contribution in [3.05, 3.63) is 23.2 Å². The zero-order valence-corrected chi connectivity index (χ0v) is 16.5. The van der Waals surface area contributed by atoms with Gasteiger partial charge in [0.25, 0.3) is 0 Å². The predicted octanol–water partition coefficient (Wildman–Crippen LogP) is 1.69. The van der Waals surface area contributed by atoms with Crippen LogP contribution < -0.4 is 9.46 Å². The van der Waals surface area contributed by atoms with E-state index in [0.717, 1.165) is 6.26 Å². The van der Waals surface area contributed by atoms with E-state index in [9.17, 15) is 16.8 Å². The second kappa shape index (κ2) is 8.48. The third kappa shape index (κ3) is 5.59. The molecule has 1 unspecified atom stereocenters. The quantitative estimate of drug-likeness (QED) is 0.683. The monoisotopic (exact) mass is 398 g/mol. The number of methoxy groups -OCH3 is 1. The molecule has 1 aromatic carbocycles. The van der Waals surface area contributed by atoms with Crippen LogP contribution in [0.3, 0.4) is 0 Å². The van der Waals surface area contributed by atoms with Crippen molar-refractivity contribution >= 4 is 31.6 Å². The fourth-order valence-electron chi connectivity index (χ4n) is 2.10. The molecule has 1 rings (SSSR count). The standard InChI is InChI=1S/C14H23ClN2O5S2/c1-5-11(2)17(23(4,18)19)9-8-16-24(20,21)12-6-7-14(22-3)13(15)10-12/h6-7,10-11,16H,5,8-9H2,1-4H3. The summed E-state index contributed by atoms with van der Waals surface area (Å²) in [4.78, 5) is -0.0113. The molecule has 138 valence electrons. The number of sulfonamides is 2. The molecule has 0 radical (unpaired) electrons. The van der Waals surface area contributed by atoms with Gasteiger partial charge >= 0.3 is 0 Å². The number of halogens is 1. The minimum Gasteiger partial charge on any atom is -0.495 e. The van der Waals surface area contributed by atoms with Gasteiger partial charge in [-0.25, -0.2) is 21.6 Å². The summed E-state index contributed by atoms with van der Waals surface area (Å²) in [6.45, 7) is 3.66. The Morgan fingerprint density at radius 3 is 2.38 bits per heavy atom. The highest BCUT2D eigenvalue weighted by atomic mass is 35.5. The van der Waals surface area contributed by atoms with Gasteiger partial charge < -0.3 is 4.74 Å². The Morgan fingerprint density at radius 1 is 1.29 bits per heavy atom. The summed E-state index contributed by atoms with van der Waals surface area (Å²) in [5.41, 5.74) is 0. The van der Waals surface area contributed by atoms with Crippen LogP contribution in [0.1, 0.15) is 20.3 Å². The van der Waals surface area contributed by atoms with E-state index < -0.39 is 20.0 Å². The van der Waals surface area contributed by atoms with E-state index in [1.54, 1.807) is 6.92 Å². The minimum absolute atomic E-state index is 0.0113. The van der Waals surface area contributed by atoms with Crippen molar-refractivity contribution in [2.24, 2.45) is 0 Å². The van der Waals surface area contributed by atoms with Gasteiger partial charge in [0.1, 0.15) is 5.75 Å². The Kier molecular flexibility index (Phi) is 7.48. The lowest BCUT2D eigenvalue weighted by Crippen LogP contribution is -2.42. The fourth-order valence-corrected chi connectivity index (χ4v) is 4.70. The van der Waals surface area contributed by atoms with Gasteiger partial charge in [0.05, 0.1) is 23.3 Å². The number of rotatable bonds is 9. The van der Waals surface area contributed by atoms with Gasteiger partial charge in [-0.3, -0.25) is 0 Å². The van der Waals surface area contributed by atoms with E-state index in [1.165, 1.54) is 29.6 Å². The first kappa shape index (κ1) is 21.2. The molecule has 1 atom stereocenters. The normalized spacial score (nSPS) is 13.9. The minimum atomic E-state index is -3.79. The van der Waals surface area contributed by atoms with E-state index in [0.29, 0.717) is 12.2 Å². The van der Waals surface area contributed by atoms with Gasteiger partial charge in [0.15, 0.2) is 0 Å². The van der Waals surface area contributed by atoms with Crippen molar-refractivity contribution in [3.8, 4) is 5.75 Å². The highest BCUT2D eigenvalue weighted by Crippen LogP contribution is 2.26. The van der Waals surface area contributed by atoms with Gasteiger partial charge in [-0.05, 0) is 31.5 Å². The van der Waals surface area contributed by atoms with Crippen LogP contribution in [-0.2, 0) is 20.0 Å². The van der Waals surface area contributed by atoms with Crippen molar-refractivity contribution < 1.29 is 21.6 Å². The number of ether oxygens (including phenoxy) is 1. The molecule has 0 spiro atoms. The molecular formula is C14H23ClN2O5S2. The van der Waals surface area contributed by atoms with Gasteiger partial charge in [0.2, 0.25) is 20.0 Å². The number of benzene rings is 1. The molecule has 7 nitrogen and oxygen atoms in total. The summed E-state index contributed by atoms with van der Waals surface area (Å²) in [7, 11) is -5.77. The molecule has 0 aliphatic heterocycles. The Labute approximate surface area is 149 Å². The molecule has 0 amide bonds. The lowest BCUT2D eigenvalue weighted by Gasteiger charge is -2.25. The lowest BCUT2D eigenvalue weighted by molar-refractivity contribution is 0.335. The van der Waals surface area contributed by atoms with Gasteiger partial charge in [-0.1, -0.05) is 18.5 Å². The summed E-state index contributed by atoms with van der Waals surface area (Å²) in [5, 5.41) is 0.178. The van der Waals surface area contributed by atoms with Crippen LogP contribution in [0.15, 0.2) is 23.1 Å². The van der Waals surface area contributed by atoms with E-state index in [-0.39, 0.29) is 29.0 Å². The SMILES string of the molecule is CCC(C)N(CCNS(=O)(=O)c1ccc(OC)c(Cl)c1)S(C)(=O)=O. The highest BCUT2D eigenvalue weighted by molar-refractivity contribution is 7.89. The molecule has 0 fully saturated rings. The second-order valence-corrected chi connectivity index (χ2v) is 9.43. The van der Waals surface area contributed by atoms with E-state index in [1.807, 2.05) is 6.92 Å². The summed E-state index contributed by atoms with van der Waals surface area (Å²) in [6, 6.07) is 3.90. The molecule has 0 aliphatic rings. The lowest BCUT2D eigenvalue weighted by atomic mass is 10.2. The smallest absolute Gasteiger partial charge is 0.240 e. The first-order valence-electron chi connectivity index (χ1n) is 7.33.